The van der Waals surface area contributed by atoms with E-state index in [1.165, 1.54) is 0 Å². The van der Waals surface area contributed by atoms with Crippen molar-refractivity contribution in [2.75, 3.05) is 18.0 Å². The van der Waals surface area contributed by atoms with Crippen LogP contribution in [0.5, 0.6) is 0 Å². The van der Waals surface area contributed by atoms with E-state index in [0.717, 1.165) is 18.4 Å². The maximum Gasteiger partial charge on any atom is 1.00 e. The number of hydrogen-bond acceptors (Lipinski definition) is 6. The Bertz CT molecular complexity index is 1130. The van der Waals surface area contributed by atoms with Crippen LogP contribution in [-0.4, -0.2) is 44.7 Å². The number of carboxylic acid groups (broad SMARTS) is 1. The van der Waals surface area contributed by atoms with Crippen molar-refractivity contribution in [3.8, 4) is 0 Å². The van der Waals surface area contributed by atoms with Crippen molar-refractivity contribution in [3.05, 3.63) is 51.0 Å². The standard InChI is InChI=1S/C18H20N6O3S.K/c25-15-13-14(20-16(28)22-15)21-17(24(13)9-11-5-2-1-3-6-11)23-8-4-7-12(10-23)19-18(26)27;/h1-3,5-6,12,19H,4,7-10H2,(H,26,27)(H2,20,22,25,28);/q;+1/p-1. The predicted octanol–water partition coefficient (Wildman–Crippen LogP) is -2.26. The summed E-state index contributed by atoms with van der Waals surface area (Å²) in [6.07, 6.45) is 0.239. The topological polar surface area (TPSA) is 122 Å². The summed E-state index contributed by atoms with van der Waals surface area (Å²) in [7, 11) is 0. The molecule has 1 aromatic carbocycles. The van der Waals surface area contributed by atoms with Crippen LogP contribution < -0.4 is 72.3 Å². The number of aromatic nitrogens is 4. The summed E-state index contributed by atoms with van der Waals surface area (Å²) in [5.41, 5.74) is 1.53. The second kappa shape index (κ2) is 9.54. The number of H-pyrrole nitrogens is 2. The number of fused-ring (bicyclic) bond motifs is 1. The van der Waals surface area contributed by atoms with Gasteiger partial charge in [-0.3, -0.25) is 14.3 Å². The third-order valence-corrected chi connectivity index (χ3v) is 5.04. The van der Waals surface area contributed by atoms with Crippen LogP contribution in [0.15, 0.2) is 35.1 Å². The van der Waals surface area contributed by atoms with E-state index in [9.17, 15) is 14.7 Å². The van der Waals surface area contributed by atoms with E-state index in [-0.39, 0.29) is 67.8 Å². The van der Waals surface area contributed by atoms with Gasteiger partial charge in [-0.25, -0.2) is 0 Å². The summed E-state index contributed by atoms with van der Waals surface area (Å²) in [4.78, 5) is 35.7. The van der Waals surface area contributed by atoms with E-state index in [1.807, 2.05) is 39.8 Å². The van der Waals surface area contributed by atoms with Crippen molar-refractivity contribution < 1.29 is 61.3 Å². The molecule has 0 radical (unpaired) electrons. The second-order valence-corrected chi connectivity index (χ2v) is 7.21. The van der Waals surface area contributed by atoms with Crippen molar-refractivity contribution in [1.82, 2.24) is 24.8 Å². The first kappa shape index (κ1) is 22.2. The molecule has 1 unspecified atom stereocenters. The van der Waals surface area contributed by atoms with Crippen LogP contribution in [0.25, 0.3) is 11.2 Å². The fourth-order valence-corrected chi connectivity index (χ4v) is 3.85. The number of amides is 1. The van der Waals surface area contributed by atoms with E-state index in [2.05, 4.69) is 20.3 Å². The van der Waals surface area contributed by atoms with Gasteiger partial charge in [-0.05, 0) is 30.6 Å². The fourth-order valence-electron chi connectivity index (χ4n) is 3.66. The first-order valence-corrected chi connectivity index (χ1v) is 9.41. The molecule has 1 atom stereocenters. The van der Waals surface area contributed by atoms with Crippen molar-refractivity contribution in [2.45, 2.75) is 25.4 Å². The van der Waals surface area contributed by atoms with Gasteiger partial charge in [-0.2, -0.15) is 4.98 Å². The van der Waals surface area contributed by atoms with Crippen LogP contribution in [0.1, 0.15) is 18.4 Å². The Morgan fingerprint density at radius 1 is 1.31 bits per heavy atom. The van der Waals surface area contributed by atoms with Gasteiger partial charge in [-0.15, -0.1) is 0 Å². The number of carbonyl (C=O) groups excluding carboxylic acids is 1. The van der Waals surface area contributed by atoms with Gasteiger partial charge in [0.15, 0.2) is 15.9 Å². The quantitative estimate of drug-likeness (QED) is 0.312. The van der Waals surface area contributed by atoms with Crippen molar-refractivity contribution in [2.24, 2.45) is 0 Å². The maximum absolute atomic E-state index is 12.6. The summed E-state index contributed by atoms with van der Waals surface area (Å²) in [5, 5.41) is 13.4. The van der Waals surface area contributed by atoms with Gasteiger partial charge in [0, 0.05) is 19.1 Å². The number of anilines is 1. The number of rotatable bonds is 4. The van der Waals surface area contributed by atoms with Crippen LogP contribution in [0, 0.1) is 4.77 Å². The van der Waals surface area contributed by atoms with Crippen LogP contribution in [-0.2, 0) is 6.54 Å². The van der Waals surface area contributed by atoms with E-state index < -0.39 is 6.09 Å². The predicted molar refractivity (Wildman–Crippen MR) is 105 cm³/mol. The minimum absolute atomic E-state index is 0. The summed E-state index contributed by atoms with van der Waals surface area (Å²) >= 11 is 5.08. The molecule has 146 valence electrons. The van der Waals surface area contributed by atoms with Crippen LogP contribution >= 0.6 is 12.2 Å². The number of nitrogens with one attached hydrogen (secondary N) is 3. The van der Waals surface area contributed by atoms with Gasteiger partial charge in [0.2, 0.25) is 5.95 Å². The number of nitrogens with zero attached hydrogens (tertiary/aromatic N) is 3. The SMILES string of the molecule is O=C([O-])NC1CCCN(c2nc3[nH]c(=S)[nH]c(=O)c3n2Cc2ccccc2)C1.[K+]. The zero-order valence-corrected chi connectivity index (χ0v) is 19.9. The number of aromatic amines is 2. The van der Waals surface area contributed by atoms with E-state index in [4.69, 9.17) is 12.2 Å². The van der Waals surface area contributed by atoms with Crippen molar-refractivity contribution >= 4 is 35.4 Å². The van der Waals surface area contributed by atoms with Gasteiger partial charge >= 0.3 is 51.4 Å². The Morgan fingerprint density at radius 3 is 2.79 bits per heavy atom. The Labute approximate surface area is 214 Å². The fraction of sp³-hybridized carbons (Fsp3) is 0.333. The van der Waals surface area contributed by atoms with E-state index in [1.54, 1.807) is 0 Å². The van der Waals surface area contributed by atoms with Gasteiger partial charge in [0.05, 0.1) is 6.54 Å². The number of hydrogen-bond donors (Lipinski definition) is 3. The van der Waals surface area contributed by atoms with Crippen LogP contribution in [0.2, 0.25) is 0 Å². The number of piperidine rings is 1. The zero-order chi connectivity index (χ0) is 19.7. The van der Waals surface area contributed by atoms with Gasteiger partial charge in [0.25, 0.3) is 5.56 Å². The van der Waals surface area contributed by atoms with Crippen LogP contribution in [0.3, 0.4) is 0 Å². The molecule has 1 aliphatic rings. The van der Waals surface area contributed by atoms with E-state index in [0.29, 0.717) is 36.7 Å². The first-order valence-electron chi connectivity index (χ1n) is 9.00. The van der Waals surface area contributed by atoms with Crippen molar-refractivity contribution in [3.63, 3.8) is 0 Å². The minimum Gasteiger partial charge on any atom is -0.530 e. The Kier molecular flexibility index (Phi) is 7.30. The Morgan fingerprint density at radius 2 is 2.07 bits per heavy atom. The molecule has 0 saturated carbocycles. The van der Waals surface area contributed by atoms with Crippen molar-refractivity contribution in [1.29, 1.82) is 0 Å². The average molecular weight is 439 g/mol. The maximum atomic E-state index is 12.6. The molecule has 0 aliphatic carbocycles. The minimum atomic E-state index is -1.29. The molecule has 3 aromatic rings. The molecule has 29 heavy (non-hydrogen) atoms. The third-order valence-electron chi connectivity index (χ3n) is 4.83. The van der Waals surface area contributed by atoms with Gasteiger partial charge in [-0.1, -0.05) is 30.3 Å². The molecule has 4 rings (SSSR count). The molecular formula is C18H19KN6O3S. The normalized spacial score (nSPS) is 16.4. The molecule has 0 bridgehead atoms. The van der Waals surface area contributed by atoms with Crippen LogP contribution in [0.4, 0.5) is 10.7 Å². The summed E-state index contributed by atoms with van der Waals surface area (Å²) < 4.78 is 2.06. The molecule has 1 aliphatic heterocycles. The molecule has 2 aromatic heterocycles. The molecule has 3 N–H and O–H groups in total. The van der Waals surface area contributed by atoms with Gasteiger partial charge < -0.3 is 25.1 Å². The molecule has 9 nitrogen and oxygen atoms in total. The molecule has 3 heterocycles. The molecule has 1 saturated heterocycles. The monoisotopic (exact) mass is 438 g/mol. The molecule has 0 spiro atoms. The van der Waals surface area contributed by atoms with Gasteiger partial charge in [0.1, 0.15) is 6.09 Å². The first-order chi connectivity index (χ1) is 13.5. The molecule has 1 amide bonds. The second-order valence-electron chi connectivity index (χ2n) is 6.81. The summed E-state index contributed by atoms with van der Waals surface area (Å²) in [5.74, 6) is 0.603. The summed E-state index contributed by atoms with van der Waals surface area (Å²) in [6, 6.07) is 9.51. The molecular weight excluding hydrogens is 419 g/mol. The number of benzene rings is 1. The number of carbonyl (C=O) groups is 1. The third kappa shape index (κ3) is 4.98. The zero-order valence-electron chi connectivity index (χ0n) is 16.0. The Hall–Kier alpha value is -1.50. The average Bonchev–Trinajstić information content (AvgIpc) is 3.00. The van der Waals surface area contributed by atoms with E-state index >= 15 is 0 Å². The smallest absolute Gasteiger partial charge is 0.530 e. The Balaban J connectivity index is 0.00000240. The number of imidazole rings is 1. The largest absolute Gasteiger partial charge is 1.00 e. The summed E-state index contributed by atoms with van der Waals surface area (Å²) in [6.45, 7) is 1.61. The molecule has 1 fully saturated rings. The molecule has 11 heteroatoms.